The van der Waals surface area contributed by atoms with Gasteiger partial charge in [-0.05, 0) is 91.9 Å². The number of nitrogens with zero attached hydrogens (tertiary/aromatic N) is 6. The van der Waals surface area contributed by atoms with E-state index in [4.69, 9.17) is 43.5 Å². The summed E-state index contributed by atoms with van der Waals surface area (Å²) in [5.74, 6) is 3.06. The summed E-state index contributed by atoms with van der Waals surface area (Å²) in [6.45, 7) is 57.5. The van der Waals surface area contributed by atoms with E-state index in [1.807, 2.05) is 47.6 Å². The van der Waals surface area contributed by atoms with Gasteiger partial charge in [0.2, 0.25) is 0 Å². The fourth-order valence-corrected chi connectivity index (χ4v) is 16.1. The number of amides is 4. The molecule has 0 bridgehead atoms. The number of rotatable bonds is 23. The van der Waals surface area contributed by atoms with E-state index in [1.54, 1.807) is 69.9 Å². The molecule has 7 aromatic carbocycles. The minimum Gasteiger partial charge on any atom is 3.00 e. The molecule has 2 heterocycles. The summed E-state index contributed by atoms with van der Waals surface area (Å²) in [6, 6.07) is 52.4. The van der Waals surface area contributed by atoms with E-state index in [9.17, 15) is 19.2 Å². The molecule has 588 valence electrons. The molecular formula is C90H118Cl4N6O5Ru2Y2. The molecule has 2 aliphatic heterocycles. The molecule has 2 aliphatic rings. The van der Waals surface area contributed by atoms with E-state index in [0.717, 1.165) is 36.0 Å². The van der Waals surface area contributed by atoms with Crippen LogP contribution in [-0.4, -0.2) is 65.8 Å². The Morgan fingerprint density at radius 1 is 0.422 bits per heavy atom. The van der Waals surface area contributed by atoms with Crippen molar-refractivity contribution in [1.29, 1.82) is 0 Å². The predicted molar refractivity (Wildman–Crippen MR) is 453 cm³/mol. The zero-order valence-electron chi connectivity index (χ0n) is 68.5. The number of benzene rings is 7. The number of ether oxygens (including phenoxy) is 1. The number of hydrogen-bond donors (Lipinski definition) is 0. The molecule has 0 saturated carbocycles. The fourth-order valence-electron chi connectivity index (χ4n) is 12.7. The van der Waals surface area contributed by atoms with Crippen molar-refractivity contribution in [2.45, 2.75) is 213 Å². The largest absolute Gasteiger partial charge is 3.00 e. The summed E-state index contributed by atoms with van der Waals surface area (Å²) in [6.07, 6.45) is 3.21. The normalized spacial score (nSPS) is 12.7. The number of anilines is 6. The molecule has 0 radical (unpaired) electrons. The van der Waals surface area contributed by atoms with Gasteiger partial charge in [-0.25, -0.2) is 0 Å². The standard InChI is InChI=1S/2C27H39N2.C18H15NO2.C16H19NO3.C2H6.4ClH.2Ru.2Y/c2*1-18(2)22-11-9-12-23(19(3)4)26(22)28-15-16-29(17-28)27-24(20(5)6)13-10-14-25(27)21(7)8;1-3-8-17(20)19(16-12-7-9-14(2)13-16)18(21)15-10-5-4-6-11-15;1-5-7-15(18)17(16(19)20-11-12(2)3)14-9-6-8-13(4)10-14;1-2;;;;;;;;/h2*9-14,17-21H,15-16H2,1-8H3;2,4-12H,3H2,1H3;4,6-9,12H,5,11H2,1-3H3;1-2H3;4*1H;;;;/q2*-1;2*-2;;;;;;2*+2;2*+3/p-4. The molecule has 0 spiro atoms. The average molecular weight is 1890 g/mol. The van der Waals surface area contributed by atoms with Crippen LogP contribution < -0.4 is 29.4 Å². The van der Waals surface area contributed by atoms with Crippen LogP contribution in [0.1, 0.15) is 278 Å². The second-order valence-corrected chi connectivity index (χ2v) is 40.6. The molecule has 0 N–H and O–H groups in total. The van der Waals surface area contributed by atoms with Gasteiger partial charge < -0.3 is 19.6 Å². The molecule has 19 heteroatoms. The summed E-state index contributed by atoms with van der Waals surface area (Å²) >= 11 is -4.04. The van der Waals surface area contributed by atoms with Crippen molar-refractivity contribution >= 4 is 106 Å². The van der Waals surface area contributed by atoms with Crippen molar-refractivity contribution in [3.63, 3.8) is 0 Å². The van der Waals surface area contributed by atoms with Gasteiger partial charge in [0, 0.05) is 48.9 Å². The van der Waals surface area contributed by atoms with E-state index in [1.165, 1.54) is 80.1 Å². The van der Waals surface area contributed by atoms with Crippen molar-refractivity contribution in [2.24, 2.45) is 5.92 Å². The Kier molecular flexibility index (Phi) is 45.1. The van der Waals surface area contributed by atoms with Crippen molar-refractivity contribution in [1.82, 2.24) is 0 Å². The second-order valence-electron chi connectivity index (χ2n) is 29.2. The smallest absolute Gasteiger partial charge is 3.00 e. The van der Waals surface area contributed by atoms with Crippen molar-refractivity contribution in [3.05, 3.63) is 239 Å². The number of para-hydroxylation sites is 4. The van der Waals surface area contributed by atoms with Crippen LogP contribution in [0.4, 0.5) is 38.9 Å². The summed E-state index contributed by atoms with van der Waals surface area (Å²) in [7, 11) is 23.5. The third kappa shape index (κ3) is 29.0. The average Bonchev–Trinajstić information content (AvgIpc) is 1.66. The molecule has 2 fully saturated rings. The van der Waals surface area contributed by atoms with Crippen LogP contribution in [0, 0.1) is 44.2 Å². The summed E-state index contributed by atoms with van der Waals surface area (Å²) < 4.78 is 8.60. The van der Waals surface area contributed by atoms with E-state index in [2.05, 4.69) is 229 Å². The Morgan fingerprint density at radius 3 is 0.945 bits per heavy atom. The Balaban J connectivity index is 0.000000373. The Hall–Kier alpha value is -4.09. The minimum absolute atomic E-state index is 0. The molecular weight excluding hydrogens is 1770 g/mol. The summed E-state index contributed by atoms with van der Waals surface area (Å²) in [5, 5.41) is 0. The minimum atomic E-state index is -2.02. The maximum atomic E-state index is 12.8. The fraction of sp³-hybridized carbons (Fsp3) is 0.422. The molecule has 0 atom stereocenters. The topological polar surface area (TPSA) is 97.0 Å². The van der Waals surface area contributed by atoms with Crippen molar-refractivity contribution < 1.29 is 116 Å². The van der Waals surface area contributed by atoms with Crippen LogP contribution in [-0.2, 0) is 107 Å². The van der Waals surface area contributed by atoms with E-state index < -0.39 is 44.9 Å². The van der Waals surface area contributed by atoms with Gasteiger partial charge in [-0.3, -0.25) is 0 Å². The van der Waals surface area contributed by atoms with Gasteiger partial charge in [-0.15, -0.1) is 0 Å². The maximum Gasteiger partial charge on any atom is 3.00 e. The maximum absolute atomic E-state index is 12.8. The third-order valence-electron chi connectivity index (χ3n) is 17.8. The molecule has 2 saturated heterocycles. The summed E-state index contributed by atoms with van der Waals surface area (Å²) in [4.78, 5) is 61.9. The van der Waals surface area contributed by atoms with Gasteiger partial charge in [0.05, 0.1) is 0 Å². The van der Waals surface area contributed by atoms with E-state index in [0.29, 0.717) is 88.3 Å². The SMILES string of the molecule is CC.CC(C)c1cccc(C(C)C)c1N1[CH-]N(c2c(C(C)C)cccc2C(C)C)CC1.CC(C)c1cccc(C(C)C)c1N1[CH-]N(c2c(C(C)C)cccc2C(C)C)CC1.CC[CH-]C(=O)N(C(=O)OCC(C)C)c1[c-]c([CH]=[Ru]([Cl])[Cl])ccc1.CC[CH-]C(=O)N(C(=O)c1ccccc1)c1[c-]c([CH]=[Ru]([Cl])[Cl])ccc1.[Y+3].[Y+3]. The van der Waals surface area contributed by atoms with Gasteiger partial charge in [0.1, 0.15) is 0 Å². The predicted octanol–water partition coefficient (Wildman–Crippen LogP) is 24.9. The molecule has 4 amide bonds. The zero-order chi connectivity index (χ0) is 79.5. The third-order valence-corrected chi connectivity index (χ3v) is 21.5. The molecule has 7 aromatic rings. The molecule has 0 unspecified atom stereocenters. The van der Waals surface area contributed by atoms with Crippen LogP contribution in [0.2, 0.25) is 0 Å². The van der Waals surface area contributed by atoms with Gasteiger partial charge in [0.25, 0.3) is 0 Å². The number of imide groups is 2. The van der Waals surface area contributed by atoms with E-state index in [-0.39, 0.29) is 83.9 Å². The van der Waals surface area contributed by atoms with Crippen LogP contribution in [0.3, 0.4) is 0 Å². The molecule has 109 heavy (non-hydrogen) atoms. The first-order chi connectivity index (χ1) is 50.8. The molecule has 0 aliphatic carbocycles. The molecule has 0 aromatic heterocycles. The van der Waals surface area contributed by atoms with Crippen molar-refractivity contribution in [2.75, 3.05) is 62.2 Å². The Morgan fingerprint density at radius 2 is 0.688 bits per heavy atom. The van der Waals surface area contributed by atoms with Gasteiger partial charge >= 0.3 is 371 Å². The van der Waals surface area contributed by atoms with Crippen LogP contribution in [0.25, 0.3) is 0 Å². The zero-order valence-corrected chi connectivity index (χ0v) is 80.7. The Bertz CT molecular complexity index is 3680. The number of halogens is 4. The van der Waals surface area contributed by atoms with Crippen LogP contribution >= 0.6 is 38.8 Å². The van der Waals surface area contributed by atoms with Crippen molar-refractivity contribution in [3.8, 4) is 0 Å². The number of hydrogen-bond acceptors (Lipinski definition) is 9. The quantitative estimate of drug-likeness (QED) is 0.0458. The number of carbonyl (C=O) groups excluding carboxylic acids is 4. The monoisotopic (exact) mass is 1880 g/mol. The molecule has 9 rings (SSSR count). The van der Waals surface area contributed by atoms with Gasteiger partial charge in [0.15, 0.2) is 0 Å². The van der Waals surface area contributed by atoms with Crippen LogP contribution in [0.5, 0.6) is 0 Å². The summed E-state index contributed by atoms with van der Waals surface area (Å²) in [5.41, 5.74) is 19.8. The van der Waals surface area contributed by atoms with E-state index >= 15 is 0 Å². The number of carbonyl (C=O) groups is 4. The Labute approximate surface area is 733 Å². The first-order valence-electron chi connectivity index (χ1n) is 37.9. The molecule has 11 nitrogen and oxygen atoms in total. The van der Waals surface area contributed by atoms with Crippen LogP contribution in [0.15, 0.2) is 140 Å². The van der Waals surface area contributed by atoms with Gasteiger partial charge in [-0.1, -0.05) is 197 Å². The first kappa shape index (κ1) is 99.1. The first-order valence-corrected chi connectivity index (χ1v) is 48.9. The van der Waals surface area contributed by atoms with Gasteiger partial charge in [-0.2, -0.15) is 13.3 Å². The second kappa shape index (κ2) is 49.6.